The molecule has 10 heteroatoms. The summed E-state index contributed by atoms with van der Waals surface area (Å²) < 4.78 is 53.5. The van der Waals surface area contributed by atoms with Gasteiger partial charge in [0.25, 0.3) is 0 Å². The van der Waals surface area contributed by atoms with Gasteiger partial charge in [-0.2, -0.15) is 0 Å². The Labute approximate surface area is 177 Å². The Morgan fingerprint density at radius 2 is 1.81 bits per heavy atom. The number of rotatable bonds is 8. The first-order valence-electron chi connectivity index (χ1n) is 9.83. The van der Waals surface area contributed by atoms with Gasteiger partial charge in [-0.15, -0.1) is 0 Å². The molecule has 0 saturated carbocycles. The first-order valence-corrected chi connectivity index (χ1v) is 11.6. The molecule has 0 aliphatic heterocycles. The van der Waals surface area contributed by atoms with Crippen LogP contribution >= 0.6 is 7.60 Å². The highest BCUT2D eigenvalue weighted by Crippen LogP contribution is 2.51. The summed E-state index contributed by atoms with van der Waals surface area (Å²) in [5, 5.41) is 0.241. The van der Waals surface area contributed by atoms with E-state index in [1.807, 2.05) is 0 Å². The van der Waals surface area contributed by atoms with Gasteiger partial charge in [-0.25, -0.2) is 18.7 Å². The molecule has 1 aromatic carbocycles. The second kappa shape index (κ2) is 8.78. The third-order valence-corrected chi connectivity index (χ3v) is 6.84. The minimum Gasteiger partial charge on any atom is -0.332 e. The second-order valence-electron chi connectivity index (χ2n) is 6.89. The molecule has 3 aromatic heterocycles. The van der Waals surface area contributed by atoms with Crippen LogP contribution in [0.3, 0.4) is 0 Å². The molecule has 0 N–H and O–H groups in total. The lowest BCUT2D eigenvalue weighted by Gasteiger charge is -2.17. The van der Waals surface area contributed by atoms with Crippen molar-refractivity contribution in [2.45, 2.75) is 26.6 Å². The van der Waals surface area contributed by atoms with Crippen molar-refractivity contribution >= 4 is 29.5 Å². The maximum atomic E-state index is 14.5. The van der Waals surface area contributed by atoms with Gasteiger partial charge in [0.05, 0.1) is 54.2 Å². The van der Waals surface area contributed by atoms with Gasteiger partial charge in [0.1, 0.15) is 23.5 Å². The minimum atomic E-state index is -3.23. The SMILES string of the molecule is CCOP(=O)(Cc1ccc(Cn2c3cncnc3c3c(F)cc(F)cc32)nc1)OCC. The van der Waals surface area contributed by atoms with E-state index in [9.17, 15) is 13.3 Å². The zero-order chi connectivity index (χ0) is 22.0. The van der Waals surface area contributed by atoms with E-state index in [0.717, 1.165) is 6.07 Å². The van der Waals surface area contributed by atoms with Crippen LogP contribution in [0.1, 0.15) is 25.1 Å². The molecule has 0 saturated heterocycles. The standard InChI is InChI=1S/C21H21F2N4O3P/c1-3-29-31(28,30-4-2)12-14-5-6-16(25-9-14)11-27-18-8-15(22)7-17(23)20(18)21-19(27)10-24-13-26-21/h5-10,13H,3-4,11-12H2,1-2H3. The zero-order valence-corrected chi connectivity index (χ0v) is 18.0. The molecular weight excluding hydrogens is 425 g/mol. The van der Waals surface area contributed by atoms with E-state index in [4.69, 9.17) is 9.05 Å². The van der Waals surface area contributed by atoms with Crippen LogP contribution in [0, 0.1) is 11.6 Å². The molecule has 0 fully saturated rings. The van der Waals surface area contributed by atoms with E-state index >= 15 is 0 Å². The lowest BCUT2D eigenvalue weighted by atomic mass is 10.2. The molecule has 0 unspecified atom stereocenters. The number of pyridine rings is 1. The van der Waals surface area contributed by atoms with Crippen LogP contribution in [0.25, 0.3) is 21.9 Å². The van der Waals surface area contributed by atoms with Crippen molar-refractivity contribution in [3.8, 4) is 0 Å². The molecule has 0 amide bonds. The number of nitrogens with zero attached hydrogens (tertiary/aromatic N) is 4. The number of hydrogen-bond donors (Lipinski definition) is 0. The fraction of sp³-hybridized carbons (Fsp3) is 0.286. The van der Waals surface area contributed by atoms with Gasteiger partial charge >= 0.3 is 7.60 Å². The van der Waals surface area contributed by atoms with Crippen molar-refractivity contribution in [3.63, 3.8) is 0 Å². The first-order chi connectivity index (χ1) is 14.9. The second-order valence-corrected chi connectivity index (χ2v) is 8.94. The predicted octanol–water partition coefficient (Wildman–Crippen LogP) is 5.07. The topological polar surface area (TPSA) is 79.1 Å². The molecule has 31 heavy (non-hydrogen) atoms. The summed E-state index contributed by atoms with van der Waals surface area (Å²) in [6, 6.07) is 5.68. The van der Waals surface area contributed by atoms with E-state index in [1.54, 1.807) is 42.9 Å². The van der Waals surface area contributed by atoms with Crippen LogP contribution in [0.4, 0.5) is 8.78 Å². The van der Waals surface area contributed by atoms with Crippen LogP contribution < -0.4 is 0 Å². The Morgan fingerprint density at radius 1 is 1.03 bits per heavy atom. The molecule has 0 radical (unpaired) electrons. The molecule has 162 valence electrons. The van der Waals surface area contributed by atoms with Crippen molar-refractivity contribution in [2.24, 2.45) is 0 Å². The lowest BCUT2D eigenvalue weighted by Crippen LogP contribution is -2.04. The highest BCUT2D eigenvalue weighted by atomic mass is 31.2. The molecule has 0 aliphatic carbocycles. The number of fused-ring (bicyclic) bond motifs is 3. The fourth-order valence-corrected chi connectivity index (χ4v) is 5.25. The summed E-state index contributed by atoms with van der Waals surface area (Å²) in [6.45, 7) is 4.34. The van der Waals surface area contributed by atoms with Gasteiger partial charge in [0.15, 0.2) is 0 Å². The summed E-state index contributed by atoms with van der Waals surface area (Å²) in [4.78, 5) is 12.6. The Morgan fingerprint density at radius 3 is 2.48 bits per heavy atom. The summed E-state index contributed by atoms with van der Waals surface area (Å²) in [6.07, 6.45) is 4.61. The van der Waals surface area contributed by atoms with Gasteiger partial charge in [-0.05, 0) is 31.5 Å². The highest BCUT2D eigenvalue weighted by molar-refractivity contribution is 7.53. The Balaban J connectivity index is 1.68. The Bertz CT molecular complexity index is 1270. The third-order valence-electron chi connectivity index (χ3n) is 4.78. The van der Waals surface area contributed by atoms with Gasteiger partial charge < -0.3 is 13.6 Å². The average Bonchev–Trinajstić information content (AvgIpc) is 3.03. The van der Waals surface area contributed by atoms with Crippen molar-refractivity contribution in [1.29, 1.82) is 0 Å². The smallest absolute Gasteiger partial charge is 0.332 e. The predicted molar refractivity (Wildman–Crippen MR) is 113 cm³/mol. The van der Waals surface area contributed by atoms with E-state index in [1.165, 1.54) is 12.4 Å². The monoisotopic (exact) mass is 446 g/mol. The summed E-state index contributed by atoms with van der Waals surface area (Å²) >= 11 is 0. The Hall–Kier alpha value is -2.74. The Kier molecular flexibility index (Phi) is 6.09. The van der Waals surface area contributed by atoms with Crippen LogP contribution in [-0.2, 0) is 26.3 Å². The third kappa shape index (κ3) is 4.35. The van der Waals surface area contributed by atoms with Crippen molar-refractivity contribution in [2.75, 3.05) is 13.2 Å². The first kappa shape index (κ1) is 21.5. The fourth-order valence-electron chi connectivity index (χ4n) is 3.57. The molecule has 0 spiro atoms. The number of benzene rings is 1. The molecule has 3 heterocycles. The van der Waals surface area contributed by atoms with Gasteiger partial charge in [-0.1, -0.05) is 6.07 Å². The minimum absolute atomic E-state index is 0.113. The highest BCUT2D eigenvalue weighted by Gasteiger charge is 2.24. The summed E-state index contributed by atoms with van der Waals surface area (Å²) in [7, 11) is -3.23. The van der Waals surface area contributed by atoms with Gasteiger partial charge in [-0.3, -0.25) is 9.55 Å². The molecule has 0 aliphatic rings. The maximum absolute atomic E-state index is 14.5. The maximum Gasteiger partial charge on any atom is 0.335 e. The normalized spacial score (nSPS) is 12.1. The van der Waals surface area contributed by atoms with Crippen molar-refractivity contribution < 1.29 is 22.4 Å². The van der Waals surface area contributed by atoms with Crippen LogP contribution in [0.2, 0.25) is 0 Å². The van der Waals surface area contributed by atoms with Crippen molar-refractivity contribution in [1.82, 2.24) is 19.5 Å². The van der Waals surface area contributed by atoms with Gasteiger partial charge in [0, 0.05) is 12.3 Å². The number of hydrogen-bond acceptors (Lipinski definition) is 6. The largest absolute Gasteiger partial charge is 0.335 e. The van der Waals surface area contributed by atoms with E-state index in [2.05, 4.69) is 15.0 Å². The lowest BCUT2D eigenvalue weighted by molar-refractivity contribution is 0.219. The van der Waals surface area contributed by atoms with Crippen LogP contribution in [-0.4, -0.2) is 32.7 Å². The van der Waals surface area contributed by atoms with Crippen LogP contribution in [0.15, 0.2) is 43.0 Å². The van der Waals surface area contributed by atoms with E-state index < -0.39 is 19.2 Å². The van der Waals surface area contributed by atoms with Gasteiger partial charge in [0.2, 0.25) is 0 Å². The molecule has 0 atom stereocenters. The molecule has 4 aromatic rings. The molecular formula is C21H21F2N4O3P. The molecule has 7 nitrogen and oxygen atoms in total. The van der Waals surface area contributed by atoms with Crippen LogP contribution in [0.5, 0.6) is 0 Å². The quantitative estimate of drug-likeness (QED) is 0.352. The molecule has 0 bridgehead atoms. The van der Waals surface area contributed by atoms with E-state index in [0.29, 0.717) is 27.8 Å². The average molecular weight is 446 g/mol. The summed E-state index contributed by atoms with van der Waals surface area (Å²) in [5.74, 6) is -1.35. The van der Waals surface area contributed by atoms with E-state index in [-0.39, 0.29) is 31.3 Å². The van der Waals surface area contributed by atoms with Crippen molar-refractivity contribution in [3.05, 3.63) is 65.9 Å². The zero-order valence-electron chi connectivity index (χ0n) is 17.1. The molecule has 4 rings (SSSR count). The number of halogens is 2. The summed E-state index contributed by atoms with van der Waals surface area (Å²) in [5.41, 5.74) is 2.71. The number of aromatic nitrogens is 4.